The Hall–Kier alpha value is -1.59. The number of halogens is 1. The van der Waals surface area contributed by atoms with Crippen molar-refractivity contribution in [1.82, 2.24) is 5.01 Å². The van der Waals surface area contributed by atoms with Gasteiger partial charge in [0.1, 0.15) is 17.4 Å². The molecule has 0 aromatic carbocycles. The Labute approximate surface area is 119 Å². The summed E-state index contributed by atoms with van der Waals surface area (Å²) in [5.74, 6) is 0.435. The van der Waals surface area contributed by atoms with Gasteiger partial charge in [0, 0.05) is 11.3 Å². The molecule has 0 fully saturated rings. The van der Waals surface area contributed by atoms with E-state index in [0.29, 0.717) is 12.2 Å². The summed E-state index contributed by atoms with van der Waals surface area (Å²) in [5.41, 5.74) is 0.780. The Morgan fingerprint density at radius 3 is 3.05 bits per heavy atom. The highest BCUT2D eigenvalue weighted by Crippen LogP contribution is 2.35. The van der Waals surface area contributed by atoms with Crippen molar-refractivity contribution in [2.75, 3.05) is 5.88 Å². The van der Waals surface area contributed by atoms with Crippen molar-refractivity contribution in [3.8, 4) is 0 Å². The van der Waals surface area contributed by atoms with Crippen LogP contribution in [-0.2, 0) is 4.79 Å². The average molecular weight is 295 g/mol. The standard InChI is InChI=1S/C13H11ClN2O2S/c14-8-13(17)16-10(12-4-2-6-19-12)7-9(15-16)11-3-1-5-18-11/h1-6,10H,7-8H2/t10-/m1/s1. The molecule has 6 heteroatoms. The lowest BCUT2D eigenvalue weighted by Gasteiger charge is -2.19. The summed E-state index contributed by atoms with van der Waals surface area (Å²) in [6.45, 7) is 0. The zero-order valence-electron chi connectivity index (χ0n) is 9.95. The number of nitrogens with zero attached hydrogens (tertiary/aromatic N) is 2. The molecule has 0 radical (unpaired) electrons. The van der Waals surface area contributed by atoms with Crippen molar-refractivity contribution in [2.45, 2.75) is 12.5 Å². The molecule has 3 heterocycles. The monoisotopic (exact) mass is 294 g/mol. The van der Waals surface area contributed by atoms with Crippen molar-refractivity contribution in [1.29, 1.82) is 0 Å². The predicted molar refractivity (Wildman–Crippen MR) is 74.5 cm³/mol. The molecule has 2 aromatic heterocycles. The fourth-order valence-electron chi connectivity index (χ4n) is 2.10. The first kappa shape index (κ1) is 12.4. The van der Waals surface area contributed by atoms with Crippen molar-refractivity contribution < 1.29 is 9.21 Å². The van der Waals surface area contributed by atoms with Gasteiger partial charge in [-0.05, 0) is 23.6 Å². The third kappa shape index (κ3) is 2.31. The van der Waals surface area contributed by atoms with E-state index in [9.17, 15) is 4.79 Å². The predicted octanol–water partition coefficient (Wildman–Crippen LogP) is 3.26. The van der Waals surface area contributed by atoms with Gasteiger partial charge in [-0.25, -0.2) is 5.01 Å². The van der Waals surface area contributed by atoms with Crippen molar-refractivity contribution in [3.63, 3.8) is 0 Å². The summed E-state index contributed by atoms with van der Waals surface area (Å²) in [5, 5.41) is 7.83. The smallest absolute Gasteiger partial charge is 0.258 e. The zero-order valence-corrected chi connectivity index (χ0v) is 11.5. The van der Waals surface area contributed by atoms with Crippen molar-refractivity contribution >= 4 is 34.6 Å². The number of amides is 1. The Bertz CT molecular complexity index is 592. The van der Waals surface area contributed by atoms with Gasteiger partial charge < -0.3 is 4.42 Å². The zero-order chi connectivity index (χ0) is 13.2. The first-order valence-electron chi connectivity index (χ1n) is 5.82. The molecule has 0 aliphatic carbocycles. The minimum absolute atomic E-state index is 0.0726. The van der Waals surface area contributed by atoms with Crippen LogP contribution in [0.25, 0.3) is 0 Å². The third-order valence-corrected chi connectivity index (χ3v) is 4.16. The van der Waals surface area contributed by atoms with Crippen LogP contribution in [0.1, 0.15) is 23.1 Å². The maximum atomic E-state index is 11.9. The van der Waals surface area contributed by atoms with E-state index in [1.807, 2.05) is 29.6 Å². The number of hydrogen-bond acceptors (Lipinski definition) is 4. The van der Waals surface area contributed by atoms with Crippen LogP contribution in [0.15, 0.2) is 45.4 Å². The summed E-state index contributed by atoms with van der Waals surface area (Å²) in [6.07, 6.45) is 2.25. The van der Waals surface area contributed by atoms with Crippen LogP contribution in [-0.4, -0.2) is 22.5 Å². The Morgan fingerprint density at radius 1 is 1.53 bits per heavy atom. The summed E-state index contributed by atoms with van der Waals surface area (Å²) < 4.78 is 5.35. The first-order valence-corrected chi connectivity index (χ1v) is 7.24. The molecule has 3 rings (SSSR count). The molecule has 1 atom stereocenters. The summed E-state index contributed by atoms with van der Waals surface area (Å²) in [7, 11) is 0. The van der Waals surface area contributed by atoms with Gasteiger partial charge in [0.15, 0.2) is 0 Å². The molecule has 0 saturated carbocycles. The molecule has 0 unspecified atom stereocenters. The number of hydrazone groups is 1. The molecule has 19 heavy (non-hydrogen) atoms. The molecule has 4 nitrogen and oxygen atoms in total. The van der Waals surface area contributed by atoms with Crippen molar-refractivity contribution in [2.24, 2.45) is 5.10 Å². The number of thiophene rings is 1. The fourth-order valence-corrected chi connectivity index (χ4v) is 3.03. The van der Waals surface area contributed by atoms with Gasteiger partial charge in [-0.15, -0.1) is 22.9 Å². The van der Waals surface area contributed by atoms with Crippen LogP contribution >= 0.6 is 22.9 Å². The number of alkyl halides is 1. The Morgan fingerprint density at radius 2 is 2.42 bits per heavy atom. The lowest BCUT2D eigenvalue weighted by molar-refractivity contribution is -0.130. The summed E-state index contributed by atoms with van der Waals surface area (Å²) >= 11 is 7.26. The van der Waals surface area contributed by atoms with Crippen LogP contribution in [0.2, 0.25) is 0 Å². The van der Waals surface area contributed by atoms with E-state index in [4.69, 9.17) is 16.0 Å². The van der Waals surface area contributed by atoms with Gasteiger partial charge in [-0.1, -0.05) is 6.07 Å². The van der Waals surface area contributed by atoms with Gasteiger partial charge >= 0.3 is 0 Å². The summed E-state index contributed by atoms with van der Waals surface area (Å²) in [6, 6.07) is 7.55. The normalized spacial score (nSPS) is 18.7. The molecule has 1 amide bonds. The van der Waals surface area contributed by atoms with Gasteiger partial charge in [-0.3, -0.25) is 4.79 Å². The van der Waals surface area contributed by atoms with E-state index in [-0.39, 0.29) is 17.8 Å². The number of carbonyl (C=O) groups excluding carboxylic acids is 1. The lowest BCUT2D eigenvalue weighted by atomic mass is 10.1. The molecule has 1 aliphatic rings. The average Bonchev–Trinajstić information content (AvgIpc) is 3.14. The second-order valence-corrected chi connectivity index (χ2v) is 5.38. The Kier molecular flexibility index (Phi) is 3.40. The largest absolute Gasteiger partial charge is 0.463 e. The van der Waals surface area contributed by atoms with E-state index in [0.717, 1.165) is 10.6 Å². The molecule has 1 aliphatic heterocycles. The molecular formula is C13H11ClN2O2S. The van der Waals surface area contributed by atoms with Crippen LogP contribution in [0, 0.1) is 0 Å². The molecule has 0 N–H and O–H groups in total. The molecule has 0 saturated heterocycles. The highest BCUT2D eigenvalue weighted by atomic mass is 35.5. The highest BCUT2D eigenvalue weighted by molar-refractivity contribution is 7.10. The molecule has 0 spiro atoms. The molecule has 98 valence electrons. The highest BCUT2D eigenvalue weighted by Gasteiger charge is 2.34. The van der Waals surface area contributed by atoms with Crippen LogP contribution < -0.4 is 0 Å². The van der Waals surface area contributed by atoms with E-state index in [1.54, 1.807) is 17.6 Å². The quantitative estimate of drug-likeness (QED) is 0.816. The van der Waals surface area contributed by atoms with Gasteiger partial charge in [-0.2, -0.15) is 5.10 Å². The molecular weight excluding hydrogens is 284 g/mol. The van der Waals surface area contributed by atoms with Crippen molar-refractivity contribution in [3.05, 3.63) is 46.5 Å². The maximum Gasteiger partial charge on any atom is 0.258 e. The number of rotatable bonds is 3. The second-order valence-electron chi connectivity index (χ2n) is 4.13. The lowest BCUT2D eigenvalue weighted by Crippen LogP contribution is -2.27. The summed E-state index contributed by atoms with van der Waals surface area (Å²) in [4.78, 5) is 13.0. The number of furan rings is 1. The molecule has 0 bridgehead atoms. The minimum Gasteiger partial charge on any atom is -0.463 e. The van der Waals surface area contributed by atoms with Crippen LogP contribution in [0.4, 0.5) is 0 Å². The van der Waals surface area contributed by atoms with E-state index >= 15 is 0 Å². The van der Waals surface area contributed by atoms with Crippen LogP contribution in [0.5, 0.6) is 0 Å². The first-order chi connectivity index (χ1) is 9.29. The SMILES string of the molecule is O=C(CCl)N1N=C(c2ccco2)C[C@@H]1c1cccs1. The Balaban J connectivity index is 1.93. The van der Waals surface area contributed by atoms with E-state index in [1.165, 1.54) is 5.01 Å². The maximum absolute atomic E-state index is 11.9. The number of carbonyl (C=O) groups is 1. The van der Waals surface area contributed by atoms with Gasteiger partial charge in [0.05, 0.1) is 12.3 Å². The van der Waals surface area contributed by atoms with Crippen LogP contribution in [0.3, 0.4) is 0 Å². The fraction of sp³-hybridized carbons (Fsp3) is 0.231. The second kappa shape index (κ2) is 5.19. The topological polar surface area (TPSA) is 45.8 Å². The van der Waals surface area contributed by atoms with Gasteiger partial charge in [0.2, 0.25) is 0 Å². The van der Waals surface area contributed by atoms with E-state index < -0.39 is 0 Å². The third-order valence-electron chi connectivity index (χ3n) is 2.96. The minimum atomic E-state index is -0.193. The molecule has 2 aromatic rings. The van der Waals surface area contributed by atoms with Gasteiger partial charge in [0.25, 0.3) is 5.91 Å². The number of hydrogen-bond donors (Lipinski definition) is 0. The van der Waals surface area contributed by atoms with E-state index in [2.05, 4.69) is 5.10 Å².